The van der Waals surface area contributed by atoms with Crippen LogP contribution in [0.2, 0.25) is 0 Å². The fraction of sp³-hybridized carbons (Fsp3) is 0.462. The molecule has 0 aliphatic heterocycles. The zero-order chi connectivity index (χ0) is 26.2. The Balaban J connectivity index is 2.46. The molecule has 0 saturated carbocycles. The van der Waals surface area contributed by atoms with Crippen molar-refractivity contribution in [2.24, 2.45) is 0 Å². The maximum atomic E-state index is 13.7. The number of carbonyl (C=O) groups excluding carboxylic acids is 2. The van der Waals surface area contributed by atoms with Gasteiger partial charge in [-0.05, 0) is 55.5 Å². The lowest BCUT2D eigenvalue weighted by atomic mass is 10.1. The number of halogens is 1. The van der Waals surface area contributed by atoms with E-state index in [9.17, 15) is 22.4 Å². The molecular formula is C26H36FN3O4S. The highest BCUT2D eigenvalue weighted by atomic mass is 32.2. The van der Waals surface area contributed by atoms with Crippen LogP contribution in [0.3, 0.4) is 0 Å². The second kappa shape index (κ2) is 12.7. The highest BCUT2D eigenvalue weighted by Crippen LogP contribution is 2.24. The highest BCUT2D eigenvalue weighted by Gasteiger charge is 2.32. The van der Waals surface area contributed by atoms with Crippen LogP contribution in [-0.2, 0) is 32.6 Å². The molecule has 0 heterocycles. The van der Waals surface area contributed by atoms with Gasteiger partial charge in [-0.25, -0.2) is 12.8 Å². The van der Waals surface area contributed by atoms with E-state index < -0.39 is 34.3 Å². The zero-order valence-corrected chi connectivity index (χ0v) is 21.9. The van der Waals surface area contributed by atoms with E-state index in [0.717, 1.165) is 22.5 Å². The van der Waals surface area contributed by atoms with Gasteiger partial charge in [0.1, 0.15) is 18.4 Å². The predicted octanol–water partition coefficient (Wildman–Crippen LogP) is 3.88. The molecule has 2 amide bonds. The maximum absolute atomic E-state index is 13.7. The van der Waals surface area contributed by atoms with Gasteiger partial charge in [-0.3, -0.25) is 13.9 Å². The number of benzene rings is 2. The number of nitrogens with zero attached hydrogens (tertiary/aromatic N) is 2. The maximum Gasteiger partial charge on any atom is 0.244 e. The average molecular weight is 506 g/mol. The standard InChI is InChI=1S/C26H36FN3O4S/c1-6-19(4)28-26(32)23(8-3)29(17-20-13-15-22(27)16-14-20)25(31)18-30(35(5,33)34)24-12-10-9-11-21(24)7-2/h9-16,19,23H,6-8,17-18H2,1-5H3,(H,28,32)/t19-,23-/m1/s1. The Kier molecular flexibility index (Phi) is 10.2. The van der Waals surface area contributed by atoms with Gasteiger partial charge in [0.15, 0.2) is 0 Å². The zero-order valence-electron chi connectivity index (χ0n) is 21.1. The smallest absolute Gasteiger partial charge is 0.244 e. The van der Waals surface area contributed by atoms with E-state index >= 15 is 0 Å². The Bertz CT molecular complexity index is 1110. The van der Waals surface area contributed by atoms with Gasteiger partial charge in [0.05, 0.1) is 11.9 Å². The summed E-state index contributed by atoms with van der Waals surface area (Å²) >= 11 is 0. The molecule has 0 fully saturated rings. The van der Waals surface area contributed by atoms with Gasteiger partial charge in [0, 0.05) is 12.6 Å². The topological polar surface area (TPSA) is 86.8 Å². The minimum atomic E-state index is -3.80. The van der Waals surface area contributed by atoms with Crippen LogP contribution in [0.4, 0.5) is 10.1 Å². The number of nitrogens with one attached hydrogen (secondary N) is 1. The van der Waals surface area contributed by atoms with Crippen LogP contribution in [-0.4, -0.2) is 50.0 Å². The second-order valence-electron chi connectivity index (χ2n) is 8.64. The van der Waals surface area contributed by atoms with Gasteiger partial charge < -0.3 is 10.2 Å². The fourth-order valence-corrected chi connectivity index (χ4v) is 4.68. The van der Waals surface area contributed by atoms with Crippen molar-refractivity contribution in [3.63, 3.8) is 0 Å². The molecule has 2 rings (SSSR count). The van der Waals surface area contributed by atoms with Gasteiger partial charge in [-0.2, -0.15) is 0 Å². The Morgan fingerprint density at radius 3 is 2.17 bits per heavy atom. The summed E-state index contributed by atoms with van der Waals surface area (Å²) in [5.41, 5.74) is 1.86. The molecule has 0 aliphatic rings. The lowest BCUT2D eigenvalue weighted by molar-refractivity contribution is -0.140. The van der Waals surface area contributed by atoms with E-state index in [1.807, 2.05) is 32.9 Å². The van der Waals surface area contributed by atoms with Crippen LogP contribution in [0, 0.1) is 5.82 Å². The summed E-state index contributed by atoms with van der Waals surface area (Å²) in [7, 11) is -3.80. The van der Waals surface area contributed by atoms with Crippen LogP contribution >= 0.6 is 0 Å². The first kappa shape index (κ1) is 28.3. The van der Waals surface area contributed by atoms with Crippen molar-refractivity contribution in [2.45, 2.75) is 65.6 Å². The predicted molar refractivity (Wildman–Crippen MR) is 137 cm³/mol. The van der Waals surface area contributed by atoms with Gasteiger partial charge in [-0.1, -0.05) is 51.1 Å². The number of sulfonamides is 1. The Labute approximate surface area is 208 Å². The van der Waals surface area contributed by atoms with Crippen LogP contribution in [0.15, 0.2) is 48.5 Å². The number of carbonyl (C=O) groups is 2. The van der Waals surface area contributed by atoms with Crippen molar-refractivity contribution in [1.29, 1.82) is 0 Å². The quantitative estimate of drug-likeness (QED) is 0.474. The molecule has 35 heavy (non-hydrogen) atoms. The summed E-state index contributed by atoms with van der Waals surface area (Å²) in [5, 5.41) is 2.92. The number of aryl methyl sites for hydroxylation is 1. The van der Waals surface area contributed by atoms with Crippen LogP contribution in [0.1, 0.15) is 51.7 Å². The van der Waals surface area contributed by atoms with Gasteiger partial charge in [-0.15, -0.1) is 0 Å². The molecule has 2 atom stereocenters. The van der Waals surface area contributed by atoms with Crippen molar-refractivity contribution < 1.29 is 22.4 Å². The van der Waals surface area contributed by atoms with E-state index in [1.54, 1.807) is 31.2 Å². The highest BCUT2D eigenvalue weighted by molar-refractivity contribution is 7.92. The molecule has 0 aliphatic carbocycles. The van der Waals surface area contributed by atoms with Crippen LogP contribution in [0.5, 0.6) is 0 Å². The minimum absolute atomic E-state index is 0.0403. The summed E-state index contributed by atoms with van der Waals surface area (Å²) < 4.78 is 40.0. The number of amides is 2. The Morgan fingerprint density at radius 1 is 1.00 bits per heavy atom. The lowest BCUT2D eigenvalue weighted by Gasteiger charge is -2.33. The van der Waals surface area contributed by atoms with E-state index in [4.69, 9.17) is 0 Å². The van der Waals surface area contributed by atoms with Crippen molar-refractivity contribution in [1.82, 2.24) is 10.2 Å². The van der Waals surface area contributed by atoms with Crippen molar-refractivity contribution in [2.75, 3.05) is 17.1 Å². The second-order valence-corrected chi connectivity index (χ2v) is 10.5. The van der Waals surface area contributed by atoms with E-state index in [0.29, 0.717) is 24.1 Å². The molecule has 1 N–H and O–H groups in total. The van der Waals surface area contributed by atoms with E-state index in [1.165, 1.54) is 17.0 Å². The third-order valence-corrected chi connectivity index (χ3v) is 7.10. The average Bonchev–Trinajstić information content (AvgIpc) is 2.82. The van der Waals surface area contributed by atoms with Crippen molar-refractivity contribution in [3.05, 3.63) is 65.5 Å². The molecule has 0 bridgehead atoms. The van der Waals surface area contributed by atoms with Gasteiger partial charge in [0.2, 0.25) is 21.8 Å². The number of rotatable bonds is 12. The summed E-state index contributed by atoms with van der Waals surface area (Å²) in [5.74, 6) is -1.23. The van der Waals surface area contributed by atoms with Crippen LogP contribution < -0.4 is 9.62 Å². The number of anilines is 1. The van der Waals surface area contributed by atoms with Crippen LogP contribution in [0.25, 0.3) is 0 Å². The third kappa shape index (κ3) is 7.78. The summed E-state index contributed by atoms with van der Waals surface area (Å²) in [6.45, 7) is 7.12. The number of hydrogen-bond acceptors (Lipinski definition) is 4. The monoisotopic (exact) mass is 505 g/mol. The molecule has 0 aromatic heterocycles. The van der Waals surface area contributed by atoms with Gasteiger partial charge in [0.25, 0.3) is 0 Å². The van der Waals surface area contributed by atoms with Gasteiger partial charge >= 0.3 is 0 Å². The summed E-state index contributed by atoms with van der Waals surface area (Å²) in [6.07, 6.45) is 2.71. The first-order valence-electron chi connectivity index (χ1n) is 11.9. The summed E-state index contributed by atoms with van der Waals surface area (Å²) in [6, 6.07) is 11.8. The van der Waals surface area contributed by atoms with Crippen molar-refractivity contribution in [3.8, 4) is 0 Å². The normalized spacial score (nSPS) is 13.1. The first-order chi connectivity index (χ1) is 16.5. The molecule has 0 spiro atoms. The molecule has 0 radical (unpaired) electrons. The Morgan fingerprint density at radius 2 is 1.63 bits per heavy atom. The molecule has 0 saturated heterocycles. The lowest BCUT2D eigenvalue weighted by Crippen LogP contribution is -2.53. The molecular weight excluding hydrogens is 469 g/mol. The molecule has 9 heteroatoms. The number of para-hydroxylation sites is 1. The first-order valence-corrected chi connectivity index (χ1v) is 13.8. The fourth-order valence-electron chi connectivity index (χ4n) is 3.79. The molecule has 0 unspecified atom stereocenters. The largest absolute Gasteiger partial charge is 0.352 e. The van der Waals surface area contributed by atoms with Crippen molar-refractivity contribution >= 4 is 27.5 Å². The van der Waals surface area contributed by atoms with E-state index in [-0.39, 0.29) is 18.5 Å². The molecule has 192 valence electrons. The molecule has 2 aromatic carbocycles. The molecule has 7 nitrogen and oxygen atoms in total. The number of hydrogen-bond donors (Lipinski definition) is 1. The minimum Gasteiger partial charge on any atom is -0.352 e. The Hall–Kier alpha value is -2.94. The summed E-state index contributed by atoms with van der Waals surface area (Å²) in [4.78, 5) is 28.1. The SMILES string of the molecule is CCc1ccccc1N(CC(=O)N(Cc1ccc(F)cc1)[C@H](CC)C(=O)N[C@H](C)CC)S(C)(=O)=O. The third-order valence-electron chi connectivity index (χ3n) is 5.97. The van der Waals surface area contributed by atoms with E-state index in [2.05, 4.69) is 5.32 Å². The molecule has 2 aromatic rings.